The molecular formula is C16H20NO3P. The van der Waals surface area contributed by atoms with Crippen molar-refractivity contribution in [2.75, 3.05) is 6.54 Å². The fraction of sp³-hybridized carbons (Fsp3) is 0.250. The number of nitrogens with one attached hydrogen (secondary N) is 1. The molecular weight excluding hydrogens is 285 g/mol. The van der Waals surface area contributed by atoms with Crippen LogP contribution in [-0.2, 0) is 26.8 Å². The molecule has 4 nitrogen and oxygen atoms in total. The van der Waals surface area contributed by atoms with E-state index in [1.807, 2.05) is 67.6 Å². The summed E-state index contributed by atoms with van der Waals surface area (Å²) in [5.74, 6) is 0. The van der Waals surface area contributed by atoms with Crippen LogP contribution in [-0.4, -0.2) is 6.54 Å². The van der Waals surface area contributed by atoms with Gasteiger partial charge in [-0.05, 0) is 11.1 Å². The van der Waals surface area contributed by atoms with E-state index >= 15 is 0 Å². The van der Waals surface area contributed by atoms with Crippen LogP contribution >= 0.6 is 7.75 Å². The number of benzene rings is 2. The zero-order valence-electron chi connectivity index (χ0n) is 12.1. The number of rotatable bonds is 8. The summed E-state index contributed by atoms with van der Waals surface area (Å²) in [7, 11) is -3.30. The Morgan fingerprint density at radius 2 is 1.29 bits per heavy atom. The second kappa shape index (κ2) is 8.11. The molecule has 2 aromatic rings. The first-order chi connectivity index (χ1) is 10.2. The third-order valence-corrected chi connectivity index (χ3v) is 4.48. The van der Waals surface area contributed by atoms with Gasteiger partial charge in [-0.1, -0.05) is 67.6 Å². The Morgan fingerprint density at radius 1 is 0.857 bits per heavy atom. The Bertz CT molecular complexity index is 527. The van der Waals surface area contributed by atoms with Crippen molar-refractivity contribution in [1.82, 2.24) is 5.09 Å². The van der Waals surface area contributed by atoms with Crippen LogP contribution < -0.4 is 5.09 Å². The summed E-state index contributed by atoms with van der Waals surface area (Å²) < 4.78 is 23.6. The van der Waals surface area contributed by atoms with E-state index in [9.17, 15) is 4.57 Å². The van der Waals surface area contributed by atoms with Gasteiger partial charge in [-0.2, -0.15) is 0 Å². The van der Waals surface area contributed by atoms with E-state index in [1.54, 1.807) is 0 Å². The predicted octanol–water partition coefficient (Wildman–Crippen LogP) is 4.14. The lowest BCUT2D eigenvalue weighted by atomic mass is 10.2. The molecule has 0 bridgehead atoms. The summed E-state index contributed by atoms with van der Waals surface area (Å²) in [6.07, 6.45) is 0. The Balaban J connectivity index is 1.94. The highest BCUT2D eigenvalue weighted by molar-refractivity contribution is 7.51. The maximum absolute atomic E-state index is 12.6. The standard InChI is InChI=1S/C16H20NO3P/c1-2-17-21(18,19-13-15-9-5-3-6-10-15)20-14-16-11-7-4-8-12-16/h3-12H,2,13-14H2,1H3,(H,17,18). The molecule has 2 aromatic carbocycles. The molecule has 0 saturated carbocycles. The second-order valence-corrected chi connectivity index (χ2v) is 6.35. The highest BCUT2D eigenvalue weighted by Gasteiger charge is 2.23. The highest BCUT2D eigenvalue weighted by Crippen LogP contribution is 2.45. The molecule has 0 fully saturated rings. The fourth-order valence-corrected chi connectivity index (χ4v) is 3.07. The van der Waals surface area contributed by atoms with Gasteiger partial charge in [-0.25, -0.2) is 9.65 Å². The first-order valence-electron chi connectivity index (χ1n) is 6.94. The second-order valence-electron chi connectivity index (χ2n) is 4.53. The maximum Gasteiger partial charge on any atom is 0.406 e. The van der Waals surface area contributed by atoms with E-state index in [1.165, 1.54) is 0 Å². The van der Waals surface area contributed by atoms with Crippen molar-refractivity contribution in [3.8, 4) is 0 Å². The van der Waals surface area contributed by atoms with Gasteiger partial charge in [0.15, 0.2) is 0 Å². The SMILES string of the molecule is CCNP(=O)(OCc1ccccc1)OCc1ccccc1. The summed E-state index contributed by atoms with van der Waals surface area (Å²) in [6, 6.07) is 19.2. The molecule has 0 heterocycles. The molecule has 0 aliphatic carbocycles. The Morgan fingerprint density at radius 3 is 1.67 bits per heavy atom. The van der Waals surface area contributed by atoms with Crippen molar-refractivity contribution in [3.05, 3.63) is 71.8 Å². The van der Waals surface area contributed by atoms with Gasteiger partial charge in [0.25, 0.3) is 0 Å². The molecule has 1 N–H and O–H groups in total. The van der Waals surface area contributed by atoms with E-state index in [4.69, 9.17) is 9.05 Å². The van der Waals surface area contributed by atoms with Gasteiger partial charge in [0.05, 0.1) is 13.2 Å². The van der Waals surface area contributed by atoms with Crippen LogP contribution in [0.3, 0.4) is 0 Å². The average molecular weight is 305 g/mol. The van der Waals surface area contributed by atoms with Gasteiger partial charge >= 0.3 is 7.75 Å². The van der Waals surface area contributed by atoms with Gasteiger partial charge in [0.1, 0.15) is 0 Å². The van der Waals surface area contributed by atoms with Crippen molar-refractivity contribution in [2.45, 2.75) is 20.1 Å². The van der Waals surface area contributed by atoms with Crippen LogP contribution in [0.4, 0.5) is 0 Å². The summed E-state index contributed by atoms with van der Waals surface area (Å²) in [5, 5.41) is 2.81. The zero-order chi connectivity index (χ0) is 15.0. The lowest BCUT2D eigenvalue weighted by Gasteiger charge is -2.18. The van der Waals surface area contributed by atoms with E-state index in [0.717, 1.165) is 11.1 Å². The summed E-state index contributed by atoms with van der Waals surface area (Å²) in [5.41, 5.74) is 1.91. The summed E-state index contributed by atoms with van der Waals surface area (Å²) >= 11 is 0. The fourth-order valence-electron chi connectivity index (χ4n) is 1.79. The molecule has 0 saturated heterocycles. The van der Waals surface area contributed by atoms with E-state index in [2.05, 4.69) is 5.09 Å². The van der Waals surface area contributed by atoms with E-state index < -0.39 is 7.75 Å². The third-order valence-electron chi connectivity index (χ3n) is 2.84. The normalized spacial score (nSPS) is 11.5. The molecule has 112 valence electrons. The largest absolute Gasteiger partial charge is 0.406 e. The number of hydrogen-bond acceptors (Lipinski definition) is 3. The quantitative estimate of drug-likeness (QED) is 0.745. The lowest BCUT2D eigenvalue weighted by Crippen LogP contribution is -2.14. The molecule has 0 radical (unpaired) electrons. The summed E-state index contributed by atoms with van der Waals surface area (Å²) in [6.45, 7) is 2.88. The van der Waals surface area contributed by atoms with Crippen LogP contribution in [0.5, 0.6) is 0 Å². The molecule has 0 atom stereocenters. The Hall–Kier alpha value is -1.45. The van der Waals surface area contributed by atoms with Crippen LogP contribution in [0.1, 0.15) is 18.1 Å². The molecule has 21 heavy (non-hydrogen) atoms. The Labute approximate surface area is 125 Å². The molecule has 0 unspecified atom stereocenters. The first kappa shape index (κ1) is 15.9. The minimum atomic E-state index is -3.30. The van der Waals surface area contributed by atoms with Crippen molar-refractivity contribution in [1.29, 1.82) is 0 Å². The molecule has 0 aliphatic rings. The monoisotopic (exact) mass is 305 g/mol. The van der Waals surface area contributed by atoms with Gasteiger partial charge in [-0.15, -0.1) is 0 Å². The first-order valence-corrected chi connectivity index (χ1v) is 8.48. The lowest BCUT2D eigenvalue weighted by molar-refractivity contribution is 0.183. The van der Waals surface area contributed by atoms with Crippen molar-refractivity contribution in [3.63, 3.8) is 0 Å². The van der Waals surface area contributed by atoms with Crippen molar-refractivity contribution < 1.29 is 13.6 Å². The minimum Gasteiger partial charge on any atom is -0.292 e. The van der Waals surface area contributed by atoms with Gasteiger partial charge in [-0.3, -0.25) is 9.05 Å². The maximum atomic E-state index is 12.6. The smallest absolute Gasteiger partial charge is 0.292 e. The van der Waals surface area contributed by atoms with Crippen LogP contribution in [0.15, 0.2) is 60.7 Å². The topological polar surface area (TPSA) is 47.6 Å². The third kappa shape index (κ3) is 5.44. The molecule has 0 amide bonds. The highest BCUT2D eigenvalue weighted by atomic mass is 31.2. The molecule has 0 aliphatic heterocycles. The number of hydrogen-bond donors (Lipinski definition) is 1. The Kier molecular flexibility index (Phi) is 6.15. The van der Waals surface area contributed by atoms with E-state index in [0.29, 0.717) is 6.54 Å². The molecule has 0 aromatic heterocycles. The zero-order valence-corrected chi connectivity index (χ0v) is 13.0. The van der Waals surface area contributed by atoms with Crippen molar-refractivity contribution in [2.24, 2.45) is 0 Å². The van der Waals surface area contributed by atoms with Crippen LogP contribution in [0, 0.1) is 0 Å². The minimum absolute atomic E-state index is 0.250. The van der Waals surface area contributed by atoms with Crippen LogP contribution in [0.2, 0.25) is 0 Å². The van der Waals surface area contributed by atoms with Gasteiger partial charge in [0.2, 0.25) is 0 Å². The van der Waals surface area contributed by atoms with E-state index in [-0.39, 0.29) is 13.2 Å². The molecule has 2 rings (SSSR count). The predicted molar refractivity (Wildman–Crippen MR) is 83.7 cm³/mol. The molecule has 5 heteroatoms. The van der Waals surface area contributed by atoms with Gasteiger partial charge in [0, 0.05) is 6.54 Å². The van der Waals surface area contributed by atoms with Gasteiger partial charge < -0.3 is 0 Å². The van der Waals surface area contributed by atoms with Crippen molar-refractivity contribution >= 4 is 7.75 Å². The average Bonchev–Trinajstić information content (AvgIpc) is 2.54. The molecule has 0 spiro atoms. The van der Waals surface area contributed by atoms with Crippen LogP contribution in [0.25, 0.3) is 0 Å². The summed E-state index contributed by atoms with van der Waals surface area (Å²) in [4.78, 5) is 0.